The summed E-state index contributed by atoms with van der Waals surface area (Å²) >= 11 is 0. The van der Waals surface area contributed by atoms with E-state index in [1.54, 1.807) is 12.1 Å². The van der Waals surface area contributed by atoms with Crippen molar-refractivity contribution in [2.24, 2.45) is 0 Å². The van der Waals surface area contributed by atoms with Crippen molar-refractivity contribution in [1.29, 1.82) is 0 Å². The summed E-state index contributed by atoms with van der Waals surface area (Å²) in [5.41, 5.74) is 1.09. The number of aliphatic hydroxyl groups excluding tert-OH is 1. The first kappa shape index (κ1) is 16.8. The Morgan fingerprint density at radius 3 is 2.35 bits per heavy atom. The van der Waals surface area contributed by atoms with Crippen LogP contribution in [0.5, 0.6) is 0 Å². The molecule has 1 aromatic carbocycles. The van der Waals surface area contributed by atoms with Gasteiger partial charge < -0.3 is 20.2 Å². The molecule has 2 amide bonds. The zero-order chi connectivity index (χ0) is 16.5. The lowest BCUT2D eigenvalue weighted by atomic mass is 10.1. The second-order valence-corrected chi connectivity index (χ2v) is 5.07. The van der Waals surface area contributed by atoms with Gasteiger partial charge in [0, 0.05) is 13.1 Å². The van der Waals surface area contributed by atoms with E-state index in [0.717, 1.165) is 5.56 Å². The van der Waals surface area contributed by atoms with Gasteiger partial charge in [-0.15, -0.1) is 0 Å². The van der Waals surface area contributed by atoms with Crippen LogP contribution in [0.2, 0.25) is 0 Å². The number of carbonyl (C=O) groups excluding carboxylic acids is 2. The quantitative estimate of drug-likeness (QED) is 0.669. The Hall–Kier alpha value is -2.60. The maximum Gasteiger partial charge on any atom is 0.309 e. The highest BCUT2D eigenvalue weighted by molar-refractivity contribution is 6.35. The average molecular weight is 316 g/mol. The van der Waals surface area contributed by atoms with Crippen LogP contribution >= 0.6 is 0 Å². The van der Waals surface area contributed by atoms with Gasteiger partial charge in [-0.05, 0) is 30.5 Å². The van der Waals surface area contributed by atoms with Crippen molar-refractivity contribution < 1.29 is 19.1 Å². The Labute approximate surface area is 134 Å². The Bertz CT molecular complexity index is 611. The fourth-order valence-electron chi connectivity index (χ4n) is 2.07. The summed E-state index contributed by atoms with van der Waals surface area (Å²) in [6, 6.07) is 13.0. The molecule has 122 valence electrons. The van der Waals surface area contributed by atoms with Crippen molar-refractivity contribution >= 4 is 11.8 Å². The topological polar surface area (TPSA) is 91.6 Å². The van der Waals surface area contributed by atoms with Gasteiger partial charge in [-0.2, -0.15) is 0 Å². The number of rotatable bonds is 7. The van der Waals surface area contributed by atoms with Gasteiger partial charge in [0.25, 0.3) is 0 Å². The van der Waals surface area contributed by atoms with E-state index < -0.39 is 17.9 Å². The third-order valence-electron chi connectivity index (χ3n) is 3.32. The summed E-state index contributed by atoms with van der Waals surface area (Å²) in [5.74, 6) is -0.940. The van der Waals surface area contributed by atoms with Crippen LogP contribution in [0, 0.1) is 0 Å². The van der Waals surface area contributed by atoms with Crippen LogP contribution in [-0.4, -0.2) is 30.0 Å². The first-order chi connectivity index (χ1) is 11.2. The monoisotopic (exact) mass is 316 g/mol. The zero-order valence-electron chi connectivity index (χ0n) is 12.7. The summed E-state index contributed by atoms with van der Waals surface area (Å²) in [5, 5.41) is 14.8. The predicted octanol–water partition coefficient (Wildman–Crippen LogP) is 1.18. The fourth-order valence-corrected chi connectivity index (χ4v) is 2.07. The number of amides is 2. The molecule has 0 unspecified atom stereocenters. The van der Waals surface area contributed by atoms with Crippen LogP contribution in [0.4, 0.5) is 0 Å². The van der Waals surface area contributed by atoms with Crippen molar-refractivity contribution in [3.63, 3.8) is 0 Å². The molecule has 0 aliphatic heterocycles. The molecule has 0 aliphatic rings. The number of nitrogens with one attached hydrogen (secondary N) is 2. The van der Waals surface area contributed by atoms with Crippen molar-refractivity contribution in [1.82, 2.24) is 10.6 Å². The lowest BCUT2D eigenvalue weighted by molar-refractivity contribution is -0.139. The van der Waals surface area contributed by atoms with Gasteiger partial charge in [0.1, 0.15) is 11.9 Å². The molecular formula is C17H20N2O4. The van der Waals surface area contributed by atoms with E-state index in [9.17, 15) is 14.7 Å². The Morgan fingerprint density at radius 2 is 1.70 bits per heavy atom. The summed E-state index contributed by atoms with van der Waals surface area (Å²) < 4.78 is 5.05. The molecule has 0 fully saturated rings. The molecule has 0 radical (unpaired) electrons. The summed E-state index contributed by atoms with van der Waals surface area (Å²) in [6.45, 7) is 0.581. The van der Waals surface area contributed by atoms with Gasteiger partial charge in [-0.25, -0.2) is 0 Å². The second-order valence-electron chi connectivity index (χ2n) is 5.07. The highest BCUT2D eigenvalue weighted by atomic mass is 16.4. The highest BCUT2D eigenvalue weighted by Gasteiger charge is 2.14. The minimum Gasteiger partial charge on any atom is -0.467 e. The third-order valence-corrected chi connectivity index (χ3v) is 3.32. The van der Waals surface area contributed by atoms with E-state index in [-0.39, 0.29) is 13.0 Å². The molecule has 0 bridgehead atoms. The third kappa shape index (κ3) is 5.60. The standard InChI is InChI=1S/C17H20N2O4/c20-14(15-7-4-12-23-15)9-11-19-17(22)16(21)18-10-8-13-5-2-1-3-6-13/h1-7,12,14,20H,8-11H2,(H,18,21)(H,19,22)/t14-/m1/s1. The van der Waals surface area contributed by atoms with Gasteiger partial charge in [0.2, 0.25) is 0 Å². The molecule has 1 heterocycles. The summed E-state index contributed by atoms with van der Waals surface area (Å²) in [4.78, 5) is 23.3. The largest absolute Gasteiger partial charge is 0.467 e. The van der Waals surface area contributed by atoms with Gasteiger partial charge in [0.15, 0.2) is 0 Å². The summed E-state index contributed by atoms with van der Waals surface area (Å²) in [7, 11) is 0. The lowest BCUT2D eigenvalue weighted by Gasteiger charge is -2.09. The number of hydrogen-bond donors (Lipinski definition) is 3. The smallest absolute Gasteiger partial charge is 0.309 e. The molecule has 2 rings (SSSR count). The number of furan rings is 1. The van der Waals surface area contributed by atoms with Gasteiger partial charge in [-0.1, -0.05) is 30.3 Å². The highest BCUT2D eigenvalue weighted by Crippen LogP contribution is 2.15. The van der Waals surface area contributed by atoms with Crippen molar-refractivity contribution in [2.75, 3.05) is 13.1 Å². The Balaban J connectivity index is 1.62. The first-order valence-corrected chi connectivity index (χ1v) is 7.48. The maximum atomic E-state index is 11.6. The van der Waals surface area contributed by atoms with E-state index in [1.807, 2.05) is 30.3 Å². The van der Waals surface area contributed by atoms with Crippen LogP contribution in [0.3, 0.4) is 0 Å². The first-order valence-electron chi connectivity index (χ1n) is 7.48. The van der Waals surface area contributed by atoms with E-state index >= 15 is 0 Å². The molecule has 0 aliphatic carbocycles. The molecule has 1 aromatic heterocycles. The fraction of sp³-hybridized carbons (Fsp3) is 0.294. The predicted molar refractivity (Wildman–Crippen MR) is 84.5 cm³/mol. The van der Waals surface area contributed by atoms with Gasteiger partial charge in [-0.3, -0.25) is 9.59 Å². The Morgan fingerprint density at radius 1 is 1.00 bits per heavy atom. The minimum atomic E-state index is -0.800. The number of hydrogen-bond acceptors (Lipinski definition) is 4. The van der Waals surface area contributed by atoms with Crippen molar-refractivity contribution in [3.05, 3.63) is 60.1 Å². The van der Waals surface area contributed by atoms with Crippen molar-refractivity contribution in [3.8, 4) is 0 Å². The Kier molecular flexibility index (Phi) is 6.38. The van der Waals surface area contributed by atoms with Gasteiger partial charge >= 0.3 is 11.8 Å². The molecule has 6 heteroatoms. The number of benzene rings is 1. The van der Waals surface area contributed by atoms with Crippen molar-refractivity contribution in [2.45, 2.75) is 18.9 Å². The van der Waals surface area contributed by atoms with Crippen LogP contribution in [0.25, 0.3) is 0 Å². The van der Waals surface area contributed by atoms with Crippen LogP contribution in [0.15, 0.2) is 53.1 Å². The molecule has 0 saturated carbocycles. The molecule has 23 heavy (non-hydrogen) atoms. The van der Waals surface area contributed by atoms with E-state index in [4.69, 9.17) is 4.42 Å². The molecule has 0 saturated heterocycles. The normalized spacial score (nSPS) is 11.7. The van der Waals surface area contributed by atoms with Crippen LogP contribution in [0.1, 0.15) is 23.8 Å². The molecule has 2 aromatic rings. The number of aliphatic hydroxyl groups is 1. The van der Waals surface area contributed by atoms with Crippen LogP contribution in [-0.2, 0) is 16.0 Å². The zero-order valence-corrected chi connectivity index (χ0v) is 12.7. The SMILES string of the molecule is O=C(NCCc1ccccc1)C(=O)NCC[C@@H](O)c1ccco1. The molecular weight excluding hydrogens is 296 g/mol. The second kappa shape index (κ2) is 8.75. The maximum absolute atomic E-state index is 11.6. The molecule has 0 spiro atoms. The summed E-state index contributed by atoms with van der Waals surface area (Å²) in [6.07, 6.45) is 1.61. The van der Waals surface area contributed by atoms with E-state index in [0.29, 0.717) is 18.7 Å². The average Bonchev–Trinajstić information content (AvgIpc) is 3.10. The van der Waals surface area contributed by atoms with E-state index in [2.05, 4.69) is 10.6 Å². The minimum absolute atomic E-state index is 0.187. The lowest BCUT2D eigenvalue weighted by Crippen LogP contribution is -2.41. The van der Waals surface area contributed by atoms with E-state index in [1.165, 1.54) is 6.26 Å². The molecule has 6 nitrogen and oxygen atoms in total. The van der Waals surface area contributed by atoms with Crippen LogP contribution < -0.4 is 10.6 Å². The number of carbonyl (C=O) groups is 2. The van der Waals surface area contributed by atoms with Gasteiger partial charge in [0.05, 0.1) is 6.26 Å². The molecule has 1 atom stereocenters. The molecule has 3 N–H and O–H groups in total.